The number of benzene rings is 1. The predicted molar refractivity (Wildman–Crippen MR) is 72.3 cm³/mol. The molecule has 2 aromatic rings. The van der Waals surface area contributed by atoms with E-state index in [9.17, 15) is 0 Å². The maximum absolute atomic E-state index is 9.06. The number of nitrogens with zero attached hydrogens (tertiary/aromatic N) is 2. The lowest BCUT2D eigenvalue weighted by Gasteiger charge is -2.17. The molecule has 0 radical (unpaired) electrons. The fourth-order valence-corrected chi connectivity index (χ4v) is 1.63. The van der Waals surface area contributed by atoms with Gasteiger partial charge in [-0.25, -0.2) is 0 Å². The van der Waals surface area contributed by atoms with Crippen molar-refractivity contribution in [1.29, 1.82) is 0 Å². The summed E-state index contributed by atoms with van der Waals surface area (Å²) in [4.78, 5) is 0. The Morgan fingerprint density at radius 1 is 1.21 bits per heavy atom. The van der Waals surface area contributed by atoms with Crippen molar-refractivity contribution in [3.63, 3.8) is 0 Å². The predicted octanol–water partition coefficient (Wildman–Crippen LogP) is 1.84. The molecule has 19 heavy (non-hydrogen) atoms. The van der Waals surface area contributed by atoms with Crippen LogP contribution in [0.25, 0.3) is 11.5 Å². The lowest BCUT2D eigenvalue weighted by atomic mass is 10.1. The fraction of sp³-hybridized carbons (Fsp3) is 0.429. The van der Waals surface area contributed by atoms with E-state index < -0.39 is 0 Å². The summed E-state index contributed by atoms with van der Waals surface area (Å²) >= 11 is 0. The van der Waals surface area contributed by atoms with E-state index in [2.05, 4.69) is 15.5 Å². The quantitative estimate of drug-likeness (QED) is 0.830. The second kappa shape index (κ2) is 6.45. The first kappa shape index (κ1) is 13.7. The molecule has 0 saturated carbocycles. The fourth-order valence-electron chi connectivity index (χ4n) is 1.63. The minimum Gasteiger partial charge on any atom is -0.419 e. The summed E-state index contributed by atoms with van der Waals surface area (Å²) < 4.78 is 5.59. The van der Waals surface area contributed by atoms with Crippen LogP contribution in [0.3, 0.4) is 0 Å². The lowest BCUT2D eigenvalue weighted by molar-refractivity contribution is 0.205. The third-order valence-electron chi connectivity index (χ3n) is 3.20. The lowest BCUT2D eigenvalue weighted by Crippen LogP contribution is -2.33. The van der Waals surface area contributed by atoms with Crippen molar-refractivity contribution in [2.75, 3.05) is 6.61 Å². The number of rotatable bonds is 6. The summed E-state index contributed by atoms with van der Waals surface area (Å²) in [5.74, 6) is 1.27. The van der Waals surface area contributed by atoms with E-state index in [-0.39, 0.29) is 18.6 Å². The van der Waals surface area contributed by atoms with Crippen LogP contribution in [0, 0.1) is 5.92 Å². The average molecular weight is 261 g/mol. The van der Waals surface area contributed by atoms with Gasteiger partial charge in [-0.15, -0.1) is 10.2 Å². The zero-order valence-electron chi connectivity index (χ0n) is 11.2. The van der Waals surface area contributed by atoms with Gasteiger partial charge in [-0.2, -0.15) is 0 Å². The molecule has 102 valence electrons. The summed E-state index contributed by atoms with van der Waals surface area (Å²) in [7, 11) is 0. The zero-order valence-corrected chi connectivity index (χ0v) is 11.2. The summed E-state index contributed by atoms with van der Waals surface area (Å²) in [5, 5.41) is 20.4. The third-order valence-corrected chi connectivity index (χ3v) is 3.20. The average Bonchev–Trinajstić information content (AvgIpc) is 2.93. The van der Waals surface area contributed by atoms with E-state index in [0.717, 1.165) is 5.56 Å². The molecule has 2 unspecified atom stereocenters. The normalized spacial score (nSPS) is 14.3. The first-order chi connectivity index (χ1) is 9.20. The summed E-state index contributed by atoms with van der Waals surface area (Å²) in [6, 6.07) is 9.87. The Morgan fingerprint density at radius 3 is 2.63 bits per heavy atom. The van der Waals surface area contributed by atoms with Gasteiger partial charge in [0.05, 0.1) is 6.54 Å². The van der Waals surface area contributed by atoms with E-state index in [1.165, 1.54) is 0 Å². The van der Waals surface area contributed by atoms with E-state index in [4.69, 9.17) is 9.52 Å². The van der Waals surface area contributed by atoms with Crippen LogP contribution in [0.5, 0.6) is 0 Å². The molecule has 1 heterocycles. The Hall–Kier alpha value is -1.72. The number of nitrogens with one attached hydrogen (secondary N) is 1. The van der Waals surface area contributed by atoms with Gasteiger partial charge in [0.25, 0.3) is 0 Å². The van der Waals surface area contributed by atoms with Crippen molar-refractivity contribution in [3.05, 3.63) is 36.2 Å². The maximum Gasteiger partial charge on any atom is 0.247 e. The molecule has 0 spiro atoms. The Kier molecular flexibility index (Phi) is 4.65. The molecule has 5 nitrogen and oxygen atoms in total. The number of hydrogen-bond donors (Lipinski definition) is 2. The van der Waals surface area contributed by atoms with E-state index in [0.29, 0.717) is 18.3 Å². The molecular formula is C14H19N3O2. The van der Waals surface area contributed by atoms with Crippen LogP contribution in [0.4, 0.5) is 0 Å². The molecular weight excluding hydrogens is 242 g/mol. The molecule has 2 N–H and O–H groups in total. The highest BCUT2D eigenvalue weighted by Gasteiger charge is 2.13. The van der Waals surface area contributed by atoms with E-state index in [1.807, 2.05) is 44.2 Å². The minimum absolute atomic E-state index is 0.160. The van der Waals surface area contributed by atoms with E-state index >= 15 is 0 Å². The molecule has 0 aliphatic carbocycles. The zero-order chi connectivity index (χ0) is 13.7. The SMILES string of the molecule is CC(CO)C(C)NCc1nnc(-c2ccccc2)o1. The highest BCUT2D eigenvalue weighted by molar-refractivity contribution is 5.51. The van der Waals surface area contributed by atoms with Crippen LogP contribution in [0.1, 0.15) is 19.7 Å². The molecule has 0 saturated heterocycles. The van der Waals surface area contributed by atoms with Crippen molar-refractivity contribution in [1.82, 2.24) is 15.5 Å². The molecule has 1 aromatic heterocycles. The van der Waals surface area contributed by atoms with Crippen LogP contribution < -0.4 is 5.32 Å². The van der Waals surface area contributed by atoms with Gasteiger partial charge in [0.2, 0.25) is 11.8 Å². The Bertz CT molecular complexity index is 498. The van der Waals surface area contributed by atoms with Crippen LogP contribution in [0.2, 0.25) is 0 Å². The van der Waals surface area contributed by atoms with Crippen molar-refractivity contribution in [2.24, 2.45) is 5.92 Å². The molecule has 5 heteroatoms. The highest BCUT2D eigenvalue weighted by atomic mass is 16.4. The first-order valence-electron chi connectivity index (χ1n) is 6.42. The van der Waals surface area contributed by atoms with Gasteiger partial charge in [-0.1, -0.05) is 25.1 Å². The molecule has 1 aromatic carbocycles. The van der Waals surface area contributed by atoms with Crippen molar-refractivity contribution < 1.29 is 9.52 Å². The van der Waals surface area contributed by atoms with Gasteiger partial charge < -0.3 is 14.8 Å². The van der Waals surface area contributed by atoms with Gasteiger partial charge >= 0.3 is 0 Å². The van der Waals surface area contributed by atoms with Gasteiger partial charge in [0.1, 0.15) is 0 Å². The standard InChI is InChI=1S/C14H19N3O2/c1-10(9-18)11(2)15-8-13-16-17-14(19-13)12-6-4-3-5-7-12/h3-7,10-11,15,18H,8-9H2,1-2H3. The van der Waals surface area contributed by atoms with Gasteiger partial charge in [0, 0.05) is 18.2 Å². The largest absolute Gasteiger partial charge is 0.419 e. The Labute approximate surface area is 112 Å². The summed E-state index contributed by atoms with van der Waals surface area (Å²) in [6.45, 7) is 4.68. The molecule has 0 aliphatic heterocycles. The van der Waals surface area contributed by atoms with Crippen molar-refractivity contribution >= 4 is 0 Å². The van der Waals surface area contributed by atoms with Crippen LogP contribution >= 0.6 is 0 Å². The van der Waals surface area contributed by atoms with Crippen LogP contribution in [0.15, 0.2) is 34.7 Å². The van der Waals surface area contributed by atoms with E-state index in [1.54, 1.807) is 0 Å². The van der Waals surface area contributed by atoms with Crippen LogP contribution in [-0.2, 0) is 6.54 Å². The summed E-state index contributed by atoms with van der Waals surface area (Å²) in [5.41, 5.74) is 0.915. The van der Waals surface area contributed by atoms with Crippen molar-refractivity contribution in [3.8, 4) is 11.5 Å². The second-order valence-corrected chi connectivity index (χ2v) is 4.70. The van der Waals surface area contributed by atoms with Gasteiger partial charge in [-0.3, -0.25) is 0 Å². The van der Waals surface area contributed by atoms with Crippen LogP contribution in [-0.4, -0.2) is 28.0 Å². The minimum atomic E-state index is 0.160. The monoisotopic (exact) mass is 261 g/mol. The number of aromatic nitrogens is 2. The molecule has 0 amide bonds. The topological polar surface area (TPSA) is 71.2 Å². The third kappa shape index (κ3) is 3.62. The number of hydrogen-bond acceptors (Lipinski definition) is 5. The number of aliphatic hydroxyl groups is 1. The van der Waals surface area contributed by atoms with Gasteiger partial charge in [-0.05, 0) is 25.0 Å². The molecule has 2 atom stereocenters. The Balaban J connectivity index is 1.95. The molecule has 0 fully saturated rings. The first-order valence-corrected chi connectivity index (χ1v) is 6.42. The van der Waals surface area contributed by atoms with Gasteiger partial charge in [0.15, 0.2) is 0 Å². The molecule has 0 aliphatic rings. The smallest absolute Gasteiger partial charge is 0.247 e. The molecule has 2 rings (SSSR count). The van der Waals surface area contributed by atoms with Crippen molar-refractivity contribution in [2.45, 2.75) is 26.4 Å². The molecule has 0 bridgehead atoms. The highest BCUT2D eigenvalue weighted by Crippen LogP contribution is 2.16. The summed E-state index contributed by atoms with van der Waals surface area (Å²) in [6.07, 6.45) is 0. The Morgan fingerprint density at radius 2 is 1.95 bits per heavy atom. The number of aliphatic hydroxyl groups excluding tert-OH is 1. The second-order valence-electron chi connectivity index (χ2n) is 4.70. The maximum atomic E-state index is 9.06.